The number of hydrogen-bond donors (Lipinski definition) is 0. The van der Waals surface area contributed by atoms with Gasteiger partial charge in [0.05, 0.1) is 11.9 Å². The molecule has 3 heterocycles. The van der Waals surface area contributed by atoms with Gasteiger partial charge in [-0.1, -0.05) is 34.6 Å². The molecule has 1 aliphatic rings. The van der Waals surface area contributed by atoms with Gasteiger partial charge in [-0.15, -0.1) is 0 Å². The van der Waals surface area contributed by atoms with E-state index in [4.69, 9.17) is 19.2 Å². The third-order valence-corrected chi connectivity index (χ3v) is 10.4. The van der Waals surface area contributed by atoms with Crippen LogP contribution >= 0.6 is 0 Å². The Labute approximate surface area is 164 Å². The number of aromatic nitrogens is 3. The van der Waals surface area contributed by atoms with Gasteiger partial charge in [0.25, 0.3) is 8.32 Å². The third kappa shape index (κ3) is 3.79. The van der Waals surface area contributed by atoms with Crippen LogP contribution in [0.3, 0.4) is 0 Å². The van der Waals surface area contributed by atoms with Crippen LogP contribution in [0.4, 0.5) is 0 Å². The van der Waals surface area contributed by atoms with Gasteiger partial charge in [-0.2, -0.15) is 5.10 Å². The quantitative estimate of drug-likeness (QED) is 0.607. The average Bonchev–Trinajstić information content (AvgIpc) is 2.91. The van der Waals surface area contributed by atoms with Crippen LogP contribution in [0.15, 0.2) is 6.20 Å². The largest absolute Gasteiger partial charge is 0.542 e. The monoisotopic (exact) mass is 389 g/mol. The highest BCUT2D eigenvalue weighted by Gasteiger charge is 2.40. The van der Waals surface area contributed by atoms with E-state index in [1.165, 1.54) is 12.0 Å². The van der Waals surface area contributed by atoms with Crippen molar-refractivity contribution < 1.29 is 9.16 Å². The smallest absolute Gasteiger partial charge is 0.250 e. The van der Waals surface area contributed by atoms with Crippen molar-refractivity contribution in [2.75, 3.05) is 6.61 Å². The summed E-state index contributed by atoms with van der Waals surface area (Å²) in [5.74, 6) is 1.26. The van der Waals surface area contributed by atoms with Gasteiger partial charge in [0.15, 0.2) is 11.9 Å². The van der Waals surface area contributed by atoms with Gasteiger partial charge in [-0.25, -0.2) is 9.67 Å². The molecule has 6 heteroatoms. The molecular weight excluding hydrogens is 354 g/mol. The topological polar surface area (TPSA) is 49.2 Å². The van der Waals surface area contributed by atoms with Crippen LogP contribution in [-0.4, -0.2) is 29.7 Å². The summed E-state index contributed by atoms with van der Waals surface area (Å²) in [4.78, 5) is 4.80. The second-order valence-electron chi connectivity index (χ2n) is 9.60. The second kappa shape index (κ2) is 7.21. The molecule has 1 fully saturated rings. The highest BCUT2D eigenvalue weighted by atomic mass is 28.4. The zero-order chi connectivity index (χ0) is 20.0. The van der Waals surface area contributed by atoms with E-state index in [9.17, 15) is 0 Å². The van der Waals surface area contributed by atoms with Crippen molar-refractivity contribution in [3.63, 3.8) is 0 Å². The standard InChI is InChI=1S/C21H35N3O2Si/c1-14(2)18-16(26-27(7,8)21(4,5)6)13-22-20-19(18)15(3)23-24(20)17-11-9-10-12-25-17/h13-14,17H,9-12H2,1-8H3. The molecule has 0 spiro atoms. The van der Waals surface area contributed by atoms with Gasteiger partial charge >= 0.3 is 0 Å². The Balaban J connectivity index is 2.12. The molecule has 0 aromatic carbocycles. The van der Waals surface area contributed by atoms with E-state index < -0.39 is 8.32 Å². The summed E-state index contributed by atoms with van der Waals surface area (Å²) in [7, 11) is -1.95. The van der Waals surface area contributed by atoms with Crippen LogP contribution in [-0.2, 0) is 4.74 Å². The molecule has 0 saturated carbocycles. The molecule has 0 bridgehead atoms. The van der Waals surface area contributed by atoms with E-state index in [1.54, 1.807) is 0 Å². The lowest BCUT2D eigenvalue weighted by molar-refractivity contribution is -0.0371. The van der Waals surface area contributed by atoms with E-state index in [0.717, 1.165) is 41.9 Å². The Bertz CT molecular complexity index is 815. The van der Waals surface area contributed by atoms with Crippen LogP contribution in [0.5, 0.6) is 5.75 Å². The molecule has 0 radical (unpaired) electrons. The number of hydrogen-bond acceptors (Lipinski definition) is 4. The van der Waals surface area contributed by atoms with Crippen molar-refractivity contribution >= 4 is 19.4 Å². The van der Waals surface area contributed by atoms with Crippen LogP contribution in [0.2, 0.25) is 18.1 Å². The Hall–Kier alpha value is -1.40. The number of fused-ring (bicyclic) bond motifs is 1. The number of aryl methyl sites for hydroxylation is 1. The molecule has 3 rings (SSSR count). The summed E-state index contributed by atoms with van der Waals surface area (Å²) in [5, 5.41) is 6.11. The molecule has 2 aromatic heterocycles. The van der Waals surface area contributed by atoms with Gasteiger partial charge < -0.3 is 9.16 Å². The predicted molar refractivity (Wildman–Crippen MR) is 113 cm³/mol. The first-order chi connectivity index (χ1) is 12.5. The summed E-state index contributed by atoms with van der Waals surface area (Å²) in [6.07, 6.45) is 5.21. The Kier molecular flexibility index (Phi) is 5.43. The molecule has 0 N–H and O–H groups in total. The first kappa shape index (κ1) is 20.3. The van der Waals surface area contributed by atoms with Crippen LogP contribution in [0, 0.1) is 6.92 Å². The molecule has 1 unspecified atom stereocenters. The van der Waals surface area contributed by atoms with Crippen LogP contribution < -0.4 is 4.43 Å². The summed E-state index contributed by atoms with van der Waals surface area (Å²) in [5.41, 5.74) is 3.16. The highest BCUT2D eigenvalue weighted by molar-refractivity contribution is 6.74. The first-order valence-corrected chi connectivity index (χ1v) is 13.1. The molecule has 27 heavy (non-hydrogen) atoms. The van der Waals surface area contributed by atoms with Crippen molar-refractivity contribution in [1.82, 2.24) is 14.8 Å². The van der Waals surface area contributed by atoms with Gasteiger partial charge in [-0.3, -0.25) is 0 Å². The molecule has 150 valence electrons. The maximum absolute atomic E-state index is 6.68. The van der Waals surface area contributed by atoms with E-state index in [1.807, 2.05) is 10.9 Å². The number of rotatable bonds is 4. The lowest BCUT2D eigenvalue weighted by Crippen LogP contribution is -2.44. The van der Waals surface area contributed by atoms with Crippen molar-refractivity contribution in [2.45, 2.75) is 91.1 Å². The molecule has 0 aliphatic carbocycles. The van der Waals surface area contributed by atoms with Gasteiger partial charge in [0, 0.05) is 17.6 Å². The molecule has 0 amide bonds. The van der Waals surface area contributed by atoms with E-state index >= 15 is 0 Å². The van der Waals surface area contributed by atoms with Crippen molar-refractivity contribution in [2.24, 2.45) is 0 Å². The first-order valence-electron chi connectivity index (χ1n) is 10.2. The van der Waals surface area contributed by atoms with Gasteiger partial charge in [0.2, 0.25) is 0 Å². The fourth-order valence-corrected chi connectivity index (χ4v) is 4.51. The lowest BCUT2D eigenvalue weighted by atomic mass is 9.99. The summed E-state index contributed by atoms with van der Waals surface area (Å²) in [6, 6.07) is 0. The number of ether oxygens (including phenoxy) is 1. The maximum Gasteiger partial charge on any atom is 0.250 e. The molecule has 5 nitrogen and oxygen atoms in total. The normalized spacial score (nSPS) is 19.1. The Morgan fingerprint density at radius 3 is 2.52 bits per heavy atom. The van der Waals surface area contributed by atoms with Crippen molar-refractivity contribution in [3.05, 3.63) is 17.5 Å². The van der Waals surface area contributed by atoms with E-state index in [-0.39, 0.29) is 11.3 Å². The second-order valence-corrected chi connectivity index (χ2v) is 14.3. The van der Waals surface area contributed by atoms with Gasteiger partial charge in [-0.05, 0) is 50.2 Å². The van der Waals surface area contributed by atoms with E-state index in [2.05, 4.69) is 54.6 Å². The fourth-order valence-electron chi connectivity index (χ4n) is 3.49. The number of pyridine rings is 1. The minimum Gasteiger partial charge on any atom is -0.542 e. The lowest BCUT2D eigenvalue weighted by Gasteiger charge is -2.37. The predicted octanol–water partition coefficient (Wildman–Crippen LogP) is 5.95. The minimum absolute atomic E-state index is 0.00498. The SMILES string of the molecule is Cc1nn(C2CCCCO2)c2ncc(O[Si](C)(C)C(C)(C)C)c(C(C)C)c12. The molecule has 1 atom stereocenters. The summed E-state index contributed by atoms with van der Waals surface area (Å²) in [6.45, 7) is 18.7. The molecule has 2 aromatic rings. The molecule has 1 saturated heterocycles. The zero-order valence-electron chi connectivity index (χ0n) is 18.2. The third-order valence-electron chi connectivity index (χ3n) is 6.08. The highest BCUT2D eigenvalue weighted by Crippen LogP contribution is 2.42. The van der Waals surface area contributed by atoms with Crippen LogP contribution in [0.1, 0.15) is 77.3 Å². The Morgan fingerprint density at radius 1 is 1.26 bits per heavy atom. The average molecular weight is 390 g/mol. The Morgan fingerprint density at radius 2 is 1.96 bits per heavy atom. The summed E-state index contributed by atoms with van der Waals surface area (Å²) >= 11 is 0. The van der Waals surface area contributed by atoms with Gasteiger partial charge in [0.1, 0.15) is 5.75 Å². The maximum atomic E-state index is 6.68. The van der Waals surface area contributed by atoms with Crippen molar-refractivity contribution in [1.29, 1.82) is 0 Å². The van der Waals surface area contributed by atoms with E-state index in [0.29, 0.717) is 5.92 Å². The number of nitrogens with zero attached hydrogens (tertiary/aromatic N) is 3. The van der Waals surface area contributed by atoms with Crippen LogP contribution in [0.25, 0.3) is 11.0 Å². The fraction of sp³-hybridized carbons (Fsp3) is 0.714. The molecule has 1 aliphatic heterocycles. The zero-order valence-corrected chi connectivity index (χ0v) is 19.2. The van der Waals surface area contributed by atoms with Crippen molar-refractivity contribution in [3.8, 4) is 5.75 Å². The molecular formula is C21H35N3O2Si. The summed E-state index contributed by atoms with van der Waals surface area (Å²) < 4.78 is 14.7. The minimum atomic E-state index is -1.95.